The number of hydrogen-bond acceptors (Lipinski definition) is 2. The normalized spacial score (nSPS) is 24.1. The molecule has 3 atom stereocenters. The van der Waals surface area contributed by atoms with Crippen LogP contribution in [0.15, 0.2) is 24.3 Å². The summed E-state index contributed by atoms with van der Waals surface area (Å²) in [5.41, 5.74) is 0.863. The highest BCUT2D eigenvalue weighted by Gasteiger charge is 2.24. The van der Waals surface area contributed by atoms with Crippen LogP contribution in [0.5, 0.6) is 0 Å². The maximum absolute atomic E-state index is 13.1. The molecular formula is C16H23FN2O. The molecule has 3 nitrogen and oxygen atoms in total. The van der Waals surface area contributed by atoms with Gasteiger partial charge in [-0.05, 0) is 43.0 Å². The van der Waals surface area contributed by atoms with Crippen molar-refractivity contribution in [3.8, 4) is 0 Å². The van der Waals surface area contributed by atoms with Crippen molar-refractivity contribution in [3.05, 3.63) is 35.6 Å². The maximum atomic E-state index is 13.1. The molecule has 3 unspecified atom stereocenters. The van der Waals surface area contributed by atoms with E-state index in [4.69, 9.17) is 0 Å². The minimum absolute atomic E-state index is 0.0508. The molecule has 110 valence electrons. The van der Waals surface area contributed by atoms with Crippen molar-refractivity contribution in [2.75, 3.05) is 13.1 Å². The molecule has 1 aliphatic heterocycles. The molecule has 0 spiro atoms. The van der Waals surface area contributed by atoms with Crippen molar-refractivity contribution < 1.29 is 9.18 Å². The van der Waals surface area contributed by atoms with E-state index in [0.29, 0.717) is 12.3 Å². The van der Waals surface area contributed by atoms with Crippen LogP contribution in [0.4, 0.5) is 4.39 Å². The van der Waals surface area contributed by atoms with E-state index in [-0.39, 0.29) is 23.7 Å². The Hall–Kier alpha value is -1.42. The second-order valence-electron chi connectivity index (χ2n) is 5.82. The number of amides is 1. The third-order valence-corrected chi connectivity index (χ3v) is 4.03. The van der Waals surface area contributed by atoms with Gasteiger partial charge in [-0.25, -0.2) is 4.39 Å². The number of rotatable bonds is 4. The summed E-state index contributed by atoms with van der Waals surface area (Å²) in [5.74, 6) is 0.155. The Morgan fingerprint density at radius 3 is 3.05 bits per heavy atom. The van der Waals surface area contributed by atoms with Crippen LogP contribution in [0.25, 0.3) is 0 Å². The van der Waals surface area contributed by atoms with Crippen molar-refractivity contribution >= 4 is 5.91 Å². The van der Waals surface area contributed by atoms with Gasteiger partial charge in [-0.3, -0.25) is 4.79 Å². The average molecular weight is 278 g/mol. The molecule has 0 aliphatic carbocycles. The molecule has 1 aromatic rings. The third kappa shape index (κ3) is 4.04. The standard InChI is InChI=1S/C16H23FN2O/c1-11-6-7-18-10-15(11)19-16(20)12(2)8-13-4-3-5-14(17)9-13/h3-5,9,11-12,15,18H,6-8,10H2,1-2H3,(H,19,20). The molecule has 1 saturated heterocycles. The second kappa shape index (κ2) is 6.84. The van der Waals surface area contributed by atoms with E-state index in [1.54, 1.807) is 6.07 Å². The average Bonchev–Trinajstić information content (AvgIpc) is 2.41. The van der Waals surface area contributed by atoms with E-state index in [1.807, 2.05) is 13.0 Å². The summed E-state index contributed by atoms with van der Waals surface area (Å²) in [4.78, 5) is 12.2. The Morgan fingerprint density at radius 2 is 2.35 bits per heavy atom. The third-order valence-electron chi connectivity index (χ3n) is 4.03. The van der Waals surface area contributed by atoms with Gasteiger partial charge in [-0.2, -0.15) is 0 Å². The first kappa shape index (κ1) is 15.0. The number of benzene rings is 1. The fourth-order valence-electron chi connectivity index (χ4n) is 2.62. The first-order chi connectivity index (χ1) is 9.56. The lowest BCUT2D eigenvalue weighted by Crippen LogP contribution is -2.51. The predicted molar refractivity (Wildman–Crippen MR) is 77.8 cm³/mol. The molecule has 20 heavy (non-hydrogen) atoms. The van der Waals surface area contributed by atoms with Crippen LogP contribution in [-0.2, 0) is 11.2 Å². The summed E-state index contributed by atoms with van der Waals surface area (Å²) in [5, 5.41) is 6.41. The topological polar surface area (TPSA) is 41.1 Å². The maximum Gasteiger partial charge on any atom is 0.223 e. The summed E-state index contributed by atoms with van der Waals surface area (Å²) < 4.78 is 13.1. The van der Waals surface area contributed by atoms with Crippen molar-refractivity contribution in [1.29, 1.82) is 0 Å². The number of piperidine rings is 1. The number of hydrogen-bond donors (Lipinski definition) is 2. The van der Waals surface area contributed by atoms with E-state index in [9.17, 15) is 9.18 Å². The Kier molecular flexibility index (Phi) is 5.12. The van der Waals surface area contributed by atoms with Crippen LogP contribution in [0.1, 0.15) is 25.8 Å². The van der Waals surface area contributed by atoms with E-state index < -0.39 is 0 Å². The zero-order valence-corrected chi connectivity index (χ0v) is 12.2. The largest absolute Gasteiger partial charge is 0.352 e. The second-order valence-corrected chi connectivity index (χ2v) is 5.82. The SMILES string of the molecule is CC(Cc1cccc(F)c1)C(=O)NC1CNCCC1C. The highest BCUT2D eigenvalue weighted by Crippen LogP contribution is 2.14. The first-order valence-corrected chi connectivity index (χ1v) is 7.32. The molecule has 1 amide bonds. The summed E-state index contributed by atoms with van der Waals surface area (Å²) in [6.07, 6.45) is 1.65. The van der Waals surface area contributed by atoms with Crippen molar-refractivity contribution in [2.45, 2.75) is 32.7 Å². The molecule has 0 bridgehead atoms. The van der Waals surface area contributed by atoms with Gasteiger partial charge in [0.15, 0.2) is 0 Å². The Balaban J connectivity index is 1.88. The molecule has 2 N–H and O–H groups in total. The van der Waals surface area contributed by atoms with Crippen molar-refractivity contribution in [3.63, 3.8) is 0 Å². The number of carbonyl (C=O) groups excluding carboxylic acids is 1. The molecule has 2 rings (SSSR count). The van der Waals surface area contributed by atoms with Crippen molar-refractivity contribution in [2.24, 2.45) is 11.8 Å². The van der Waals surface area contributed by atoms with Gasteiger partial charge in [0.1, 0.15) is 5.82 Å². The Labute approximate surface area is 120 Å². The summed E-state index contributed by atoms with van der Waals surface area (Å²) in [7, 11) is 0. The van der Waals surface area contributed by atoms with Gasteiger partial charge in [0.05, 0.1) is 0 Å². The van der Waals surface area contributed by atoms with Crippen LogP contribution in [-0.4, -0.2) is 25.0 Å². The highest BCUT2D eigenvalue weighted by atomic mass is 19.1. The Morgan fingerprint density at radius 1 is 1.55 bits per heavy atom. The van der Waals surface area contributed by atoms with Gasteiger partial charge < -0.3 is 10.6 Å². The zero-order valence-electron chi connectivity index (χ0n) is 12.2. The van der Waals surface area contributed by atoms with Crippen LogP contribution < -0.4 is 10.6 Å². The molecule has 4 heteroatoms. The quantitative estimate of drug-likeness (QED) is 0.886. The first-order valence-electron chi connectivity index (χ1n) is 7.32. The van der Waals surface area contributed by atoms with Crippen molar-refractivity contribution in [1.82, 2.24) is 10.6 Å². The van der Waals surface area contributed by atoms with Crippen LogP contribution in [0.3, 0.4) is 0 Å². The number of halogens is 1. The molecule has 0 radical (unpaired) electrons. The lowest BCUT2D eigenvalue weighted by molar-refractivity contribution is -0.125. The van der Waals surface area contributed by atoms with Gasteiger partial charge in [-0.15, -0.1) is 0 Å². The number of carbonyl (C=O) groups is 1. The molecule has 1 heterocycles. The Bertz CT molecular complexity index is 464. The fraction of sp³-hybridized carbons (Fsp3) is 0.562. The smallest absolute Gasteiger partial charge is 0.223 e. The van der Waals surface area contributed by atoms with Gasteiger partial charge >= 0.3 is 0 Å². The lowest BCUT2D eigenvalue weighted by Gasteiger charge is -2.31. The minimum atomic E-state index is -0.250. The molecule has 1 fully saturated rings. The van der Waals surface area contributed by atoms with Gasteiger partial charge in [0.2, 0.25) is 5.91 Å². The van der Waals surface area contributed by atoms with Crippen LogP contribution >= 0.6 is 0 Å². The van der Waals surface area contributed by atoms with Gasteiger partial charge in [0.25, 0.3) is 0 Å². The summed E-state index contributed by atoms with van der Waals surface area (Å²) >= 11 is 0. The highest BCUT2D eigenvalue weighted by molar-refractivity contribution is 5.79. The lowest BCUT2D eigenvalue weighted by atomic mass is 9.93. The van der Waals surface area contributed by atoms with Crippen LogP contribution in [0, 0.1) is 17.7 Å². The molecular weight excluding hydrogens is 255 g/mol. The molecule has 0 aromatic heterocycles. The van der Waals surface area contributed by atoms with E-state index >= 15 is 0 Å². The monoisotopic (exact) mass is 278 g/mol. The van der Waals surface area contributed by atoms with E-state index in [2.05, 4.69) is 17.6 Å². The predicted octanol–water partition coefficient (Wildman–Crippen LogP) is 2.12. The summed E-state index contributed by atoms with van der Waals surface area (Å²) in [6.45, 7) is 5.91. The number of nitrogens with one attached hydrogen (secondary N) is 2. The van der Waals surface area contributed by atoms with E-state index in [0.717, 1.165) is 25.1 Å². The summed E-state index contributed by atoms with van der Waals surface area (Å²) in [6, 6.07) is 6.66. The van der Waals surface area contributed by atoms with E-state index in [1.165, 1.54) is 12.1 Å². The minimum Gasteiger partial charge on any atom is -0.352 e. The van der Waals surface area contributed by atoms with Gasteiger partial charge in [-0.1, -0.05) is 26.0 Å². The van der Waals surface area contributed by atoms with Crippen LogP contribution in [0.2, 0.25) is 0 Å². The zero-order chi connectivity index (χ0) is 14.5. The molecule has 1 aliphatic rings. The molecule has 0 saturated carbocycles. The van der Waals surface area contributed by atoms with Gasteiger partial charge in [0, 0.05) is 18.5 Å². The fourth-order valence-corrected chi connectivity index (χ4v) is 2.62. The molecule has 1 aromatic carbocycles.